The number of nitrogens with zero attached hydrogens (tertiary/aromatic N) is 5. The maximum Gasteiger partial charge on any atom is 0.254 e. The van der Waals surface area contributed by atoms with E-state index < -0.39 is 9.84 Å². The second-order valence-electron chi connectivity index (χ2n) is 6.66. The van der Waals surface area contributed by atoms with E-state index in [9.17, 15) is 8.42 Å². The van der Waals surface area contributed by atoms with Gasteiger partial charge in [-0.1, -0.05) is 18.2 Å². The van der Waals surface area contributed by atoms with E-state index in [2.05, 4.69) is 20.0 Å². The normalized spacial score (nSPS) is 16.3. The van der Waals surface area contributed by atoms with Crippen LogP contribution in [-0.2, 0) is 9.84 Å². The SMILES string of the molecule is Cc1nc2ncnn2c(N2CCC(S(=O)(=O)c3ccccc3)CC2)c1C. The average molecular weight is 371 g/mol. The minimum atomic E-state index is -3.29. The largest absolute Gasteiger partial charge is 0.356 e. The van der Waals surface area contributed by atoms with Gasteiger partial charge in [-0.05, 0) is 38.8 Å². The van der Waals surface area contributed by atoms with E-state index in [1.165, 1.54) is 6.33 Å². The molecule has 1 aromatic carbocycles. The number of rotatable bonds is 3. The molecule has 1 aliphatic heterocycles. The lowest BCUT2D eigenvalue weighted by Gasteiger charge is -2.34. The van der Waals surface area contributed by atoms with Crippen LogP contribution in [0.15, 0.2) is 41.6 Å². The number of hydrogen-bond acceptors (Lipinski definition) is 6. The molecule has 0 aliphatic carbocycles. The highest BCUT2D eigenvalue weighted by molar-refractivity contribution is 7.92. The monoisotopic (exact) mass is 371 g/mol. The average Bonchev–Trinajstić information content (AvgIpc) is 3.11. The van der Waals surface area contributed by atoms with Gasteiger partial charge in [-0.2, -0.15) is 14.6 Å². The Labute approximate surface area is 152 Å². The minimum absolute atomic E-state index is 0.351. The molecule has 7 nitrogen and oxygen atoms in total. The Hall–Kier alpha value is -2.48. The Morgan fingerprint density at radius 2 is 1.77 bits per heavy atom. The number of aryl methyl sites for hydroxylation is 1. The minimum Gasteiger partial charge on any atom is -0.356 e. The zero-order valence-corrected chi connectivity index (χ0v) is 15.6. The van der Waals surface area contributed by atoms with Crippen LogP contribution in [0.25, 0.3) is 5.78 Å². The van der Waals surface area contributed by atoms with Crippen LogP contribution < -0.4 is 4.90 Å². The molecule has 1 fully saturated rings. The first-order chi connectivity index (χ1) is 12.5. The van der Waals surface area contributed by atoms with Gasteiger partial charge in [0.05, 0.1) is 10.1 Å². The summed E-state index contributed by atoms with van der Waals surface area (Å²) in [5.41, 5.74) is 1.96. The van der Waals surface area contributed by atoms with Crippen molar-refractivity contribution in [3.8, 4) is 0 Å². The molecule has 1 saturated heterocycles. The molecule has 136 valence electrons. The van der Waals surface area contributed by atoms with Crippen LogP contribution >= 0.6 is 0 Å². The summed E-state index contributed by atoms with van der Waals surface area (Å²) >= 11 is 0. The summed E-state index contributed by atoms with van der Waals surface area (Å²) in [5.74, 6) is 1.53. The Balaban J connectivity index is 1.60. The lowest BCUT2D eigenvalue weighted by molar-refractivity contribution is 0.525. The van der Waals surface area contributed by atoms with E-state index >= 15 is 0 Å². The van der Waals surface area contributed by atoms with Gasteiger partial charge in [-0.3, -0.25) is 0 Å². The maximum absolute atomic E-state index is 12.9. The first kappa shape index (κ1) is 17.0. The molecule has 0 spiro atoms. The van der Waals surface area contributed by atoms with Gasteiger partial charge in [0, 0.05) is 24.3 Å². The summed E-state index contributed by atoms with van der Waals surface area (Å²) in [5, 5.41) is 3.94. The van der Waals surface area contributed by atoms with Gasteiger partial charge >= 0.3 is 0 Å². The fourth-order valence-corrected chi connectivity index (χ4v) is 5.32. The van der Waals surface area contributed by atoms with Crippen molar-refractivity contribution in [2.45, 2.75) is 36.8 Å². The van der Waals surface area contributed by atoms with E-state index in [-0.39, 0.29) is 5.25 Å². The number of anilines is 1. The van der Waals surface area contributed by atoms with Crippen molar-refractivity contribution < 1.29 is 8.42 Å². The summed E-state index contributed by atoms with van der Waals surface area (Å²) in [6.07, 6.45) is 2.68. The molecular formula is C18H21N5O2S. The maximum atomic E-state index is 12.9. The van der Waals surface area contributed by atoms with E-state index in [0.717, 1.165) is 17.1 Å². The van der Waals surface area contributed by atoms with E-state index in [1.807, 2.05) is 19.9 Å². The van der Waals surface area contributed by atoms with Crippen molar-refractivity contribution in [3.63, 3.8) is 0 Å². The predicted molar refractivity (Wildman–Crippen MR) is 99.1 cm³/mol. The molecule has 26 heavy (non-hydrogen) atoms. The fraction of sp³-hybridized carbons (Fsp3) is 0.389. The smallest absolute Gasteiger partial charge is 0.254 e. The fourth-order valence-electron chi connectivity index (χ4n) is 3.57. The zero-order valence-electron chi connectivity index (χ0n) is 14.8. The standard InChI is InChI=1S/C18H21N5O2S/c1-13-14(2)21-18-19-12-20-23(18)17(13)22-10-8-16(9-11-22)26(24,25)15-6-4-3-5-7-15/h3-7,12,16H,8-11H2,1-2H3. The summed E-state index contributed by atoms with van der Waals surface area (Å²) in [6, 6.07) is 8.73. The summed E-state index contributed by atoms with van der Waals surface area (Å²) < 4.78 is 27.5. The van der Waals surface area contributed by atoms with Crippen molar-refractivity contribution in [1.29, 1.82) is 0 Å². The van der Waals surface area contributed by atoms with Crippen LogP contribution in [0.2, 0.25) is 0 Å². The first-order valence-corrected chi connectivity index (χ1v) is 10.2. The Bertz CT molecular complexity index is 1040. The Kier molecular flexibility index (Phi) is 4.14. The quantitative estimate of drug-likeness (QED) is 0.702. The molecule has 0 bridgehead atoms. The zero-order chi connectivity index (χ0) is 18.3. The highest BCUT2D eigenvalue weighted by Gasteiger charge is 2.32. The Morgan fingerprint density at radius 1 is 1.08 bits per heavy atom. The number of benzene rings is 1. The number of hydrogen-bond donors (Lipinski definition) is 0. The molecule has 3 aromatic rings. The van der Waals surface area contributed by atoms with Crippen LogP contribution in [0.1, 0.15) is 24.1 Å². The van der Waals surface area contributed by atoms with Crippen LogP contribution in [0.4, 0.5) is 5.82 Å². The lowest BCUT2D eigenvalue weighted by atomic mass is 10.1. The molecular weight excluding hydrogens is 350 g/mol. The highest BCUT2D eigenvalue weighted by atomic mass is 32.2. The van der Waals surface area contributed by atoms with E-state index in [1.54, 1.807) is 28.8 Å². The van der Waals surface area contributed by atoms with E-state index in [4.69, 9.17) is 0 Å². The van der Waals surface area contributed by atoms with Crippen LogP contribution in [0.5, 0.6) is 0 Å². The van der Waals surface area contributed by atoms with E-state index in [0.29, 0.717) is 36.6 Å². The van der Waals surface area contributed by atoms with Gasteiger partial charge in [0.25, 0.3) is 5.78 Å². The number of sulfone groups is 1. The van der Waals surface area contributed by atoms with Crippen molar-refractivity contribution in [2.24, 2.45) is 0 Å². The second-order valence-corrected chi connectivity index (χ2v) is 8.89. The molecule has 1 aliphatic rings. The van der Waals surface area contributed by atoms with Gasteiger partial charge in [-0.15, -0.1) is 0 Å². The second kappa shape index (κ2) is 6.35. The van der Waals surface area contributed by atoms with Crippen molar-refractivity contribution in [3.05, 3.63) is 47.9 Å². The molecule has 2 aromatic heterocycles. The summed E-state index contributed by atoms with van der Waals surface area (Å²) in [4.78, 5) is 11.2. The number of aromatic nitrogens is 4. The van der Waals surface area contributed by atoms with Gasteiger partial charge in [-0.25, -0.2) is 13.4 Å². The number of piperidine rings is 1. The van der Waals surface area contributed by atoms with Gasteiger partial charge in [0.15, 0.2) is 9.84 Å². The van der Waals surface area contributed by atoms with Crippen molar-refractivity contribution in [2.75, 3.05) is 18.0 Å². The van der Waals surface area contributed by atoms with Crippen LogP contribution in [0.3, 0.4) is 0 Å². The first-order valence-electron chi connectivity index (χ1n) is 8.69. The molecule has 0 atom stereocenters. The molecule has 8 heteroatoms. The third-order valence-corrected chi connectivity index (χ3v) is 7.41. The molecule has 0 saturated carbocycles. The molecule has 4 rings (SSSR count). The molecule has 0 unspecified atom stereocenters. The Morgan fingerprint density at radius 3 is 2.46 bits per heavy atom. The summed E-state index contributed by atoms with van der Waals surface area (Å²) in [6.45, 7) is 5.30. The molecule has 3 heterocycles. The third-order valence-electron chi connectivity index (χ3n) is 5.13. The van der Waals surface area contributed by atoms with Crippen LogP contribution in [-0.4, -0.2) is 46.3 Å². The van der Waals surface area contributed by atoms with Crippen molar-refractivity contribution in [1.82, 2.24) is 19.6 Å². The number of fused-ring (bicyclic) bond motifs is 1. The topological polar surface area (TPSA) is 80.5 Å². The molecule has 0 amide bonds. The predicted octanol–water partition coefficient (Wildman–Crippen LogP) is 2.18. The van der Waals surface area contributed by atoms with Gasteiger partial charge < -0.3 is 4.90 Å². The van der Waals surface area contributed by atoms with Gasteiger partial charge in [0.1, 0.15) is 12.1 Å². The molecule has 0 N–H and O–H groups in total. The van der Waals surface area contributed by atoms with Crippen LogP contribution in [0, 0.1) is 13.8 Å². The van der Waals surface area contributed by atoms with Crippen molar-refractivity contribution >= 4 is 21.4 Å². The highest BCUT2D eigenvalue weighted by Crippen LogP contribution is 2.29. The molecule has 0 radical (unpaired) electrons. The lowest BCUT2D eigenvalue weighted by Crippen LogP contribution is -2.40. The summed E-state index contributed by atoms with van der Waals surface area (Å²) in [7, 11) is -3.29. The van der Waals surface area contributed by atoms with Gasteiger partial charge in [0.2, 0.25) is 0 Å². The third kappa shape index (κ3) is 2.74.